The summed E-state index contributed by atoms with van der Waals surface area (Å²) < 4.78 is 2.05. The zero-order valence-corrected chi connectivity index (χ0v) is 10.8. The van der Waals surface area contributed by atoms with Crippen LogP contribution in [-0.2, 0) is 0 Å². The highest BCUT2D eigenvalue weighted by atomic mass is 15.3. The van der Waals surface area contributed by atoms with Crippen LogP contribution in [0.4, 0.5) is 0 Å². The summed E-state index contributed by atoms with van der Waals surface area (Å²) in [6.45, 7) is 3.33. The highest BCUT2D eigenvalue weighted by Crippen LogP contribution is 2.26. The number of hydrogen-bond donors (Lipinski definition) is 1. The van der Waals surface area contributed by atoms with Crippen molar-refractivity contribution in [2.45, 2.75) is 64.0 Å². The van der Waals surface area contributed by atoms with Crippen molar-refractivity contribution in [2.24, 2.45) is 0 Å². The Hall–Kier alpha value is -0.900. The van der Waals surface area contributed by atoms with Gasteiger partial charge in [0.1, 0.15) is 12.7 Å². The zero-order valence-electron chi connectivity index (χ0n) is 10.8. The predicted molar refractivity (Wildman–Crippen MR) is 68.8 cm³/mol. The average molecular weight is 236 g/mol. The van der Waals surface area contributed by atoms with Gasteiger partial charge in [0.05, 0.1) is 6.04 Å². The maximum Gasteiger partial charge on any atom is 0.137 e. The van der Waals surface area contributed by atoms with Gasteiger partial charge in [-0.2, -0.15) is 5.10 Å². The molecule has 1 aromatic heterocycles. The number of nitrogens with zero attached hydrogens (tertiary/aromatic N) is 3. The van der Waals surface area contributed by atoms with Crippen LogP contribution in [0.1, 0.15) is 57.9 Å². The molecular formula is C13H24N4. The SMILES string of the molecule is CCCNC1CCCCCCC1n1cncn1. The summed E-state index contributed by atoms with van der Waals surface area (Å²) in [6.07, 6.45) is 12.6. The van der Waals surface area contributed by atoms with Crippen molar-refractivity contribution in [3.63, 3.8) is 0 Å². The van der Waals surface area contributed by atoms with E-state index in [1.54, 1.807) is 6.33 Å². The van der Waals surface area contributed by atoms with Crippen LogP contribution < -0.4 is 5.32 Å². The Kier molecular flexibility index (Phi) is 4.98. The molecule has 1 aromatic rings. The summed E-state index contributed by atoms with van der Waals surface area (Å²) in [6, 6.07) is 1.06. The van der Waals surface area contributed by atoms with Gasteiger partial charge in [-0.25, -0.2) is 9.67 Å². The molecule has 0 saturated heterocycles. The minimum absolute atomic E-state index is 0.490. The summed E-state index contributed by atoms with van der Waals surface area (Å²) in [5.74, 6) is 0. The Balaban J connectivity index is 2.04. The highest BCUT2D eigenvalue weighted by Gasteiger charge is 2.24. The second-order valence-corrected chi connectivity index (χ2v) is 5.00. The molecule has 1 aliphatic carbocycles. The van der Waals surface area contributed by atoms with E-state index in [1.807, 2.05) is 6.33 Å². The fourth-order valence-corrected chi connectivity index (χ4v) is 2.74. The van der Waals surface area contributed by atoms with Crippen molar-refractivity contribution < 1.29 is 0 Å². The molecule has 2 rings (SSSR count). The van der Waals surface area contributed by atoms with Crippen molar-refractivity contribution in [1.82, 2.24) is 20.1 Å². The molecule has 2 unspecified atom stereocenters. The molecule has 0 amide bonds. The molecule has 4 nitrogen and oxygen atoms in total. The van der Waals surface area contributed by atoms with E-state index in [0.29, 0.717) is 12.1 Å². The monoisotopic (exact) mass is 236 g/mol. The Morgan fingerprint density at radius 3 is 2.76 bits per heavy atom. The molecule has 17 heavy (non-hydrogen) atoms. The predicted octanol–water partition coefficient (Wildman–Crippen LogP) is 2.54. The van der Waals surface area contributed by atoms with Crippen molar-refractivity contribution >= 4 is 0 Å². The molecule has 2 atom stereocenters. The highest BCUT2D eigenvalue weighted by molar-refractivity contribution is 4.83. The van der Waals surface area contributed by atoms with Gasteiger partial charge < -0.3 is 5.32 Å². The van der Waals surface area contributed by atoms with E-state index in [1.165, 1.54) is 44.9 Å². The molecule has 0 aliphatic heterocycles. The first-order chi connectivity index (χ1) is 8.42. The van der Waals surface area contributed by atoms with Crippen LogP contribution in [0.2, 0.25) is 0 Å². The van der Waals surface area contributed by atoms with Gasteiger partial charge in [0.15, 0.2) is 0 Å². The van der Waals surface area contributed by atoms with Crippen LogP contribution in [0.3, 0.4) is 0 Å². The van der Waals surface area contributed by atoms with Gasteiger partial charge in [-0.15, -0.1) is 0 Å². The summed E-state index contributed by atoms with van der Waals surface area (Å²) in [7, 11) is 0. The first-order valence-electron chi connectivity index (χ1n) is 6.99. The van der Waals surface area contributed by atoms with Crippen molar-refractivity contribution in [3.05, 3.63) is 12.7 Å². The first kappa shape index (κ1) is 12.6. The Morgan fingerprint density at radius 1 is 1.24 bits per heavy atom. The zero-order chi connectivity index (χ0) is 11.9. The van der Waals surface area contributed by atoms with Gasteiger partial charge in [-0.05, 0) is 25.8 Å². The van der Waals surface area contributed by atoms with E-state index >= 15 is 0 Å². The fraction of sp³-hybridized carbons (Fsp3) is 0.846. The Bertz CT molecular complexity index is 294. The molecular weight excluding hydrogens is 212 g/mol. The summed E-state index contributed by atoms with van der Waals surface area (Å²) >= 11 is 0. The van der Waals surface area contributed by atoms with E-state index in [-0.39, 0.29) is 0 Å². The molecule has 1 saturated carbocycles. The van der Waals surface area contributed by atoms with Crippen LogP contribution >= 0.6 is 0 Å². The molecule has 0 bridgehead atoms. The lowest BCUT2D eigenvalue weighted by molar-refractivity contribution is 0.266. The molecule has 1 aliphatic rings. The van der Waals surface area contributed by atoms with Crippen LogP contribution in [0.5, 0.6) is 0 Å². The molecule has 96 valence electrons. The van der Waals surface area contributed by atoms with Gasteiger partial charge in [-0.3, -0.25) is 0 Å². The van der Waals surface area contributed by atoms with Crippen LogP contribution in [0.25, 0.3) is 0 Å². The van der Waals surface area contributed by atoms with E-state index in [2.05, 4.69) is 27.0 Å². The summed E-state index contributed by atoms with van der Waals surface area (Å²) in [5.41, 5.74) is 0. The normalized spacial score (nSPS) is 26.4. The lowest BCUT2D eigenvalue weighted by Gasteiger charge is -2.30. The van der Waals surface area contributed by atoms with Crippen molar-refractivity contribution in [3.8, 4) is 0 Å². The van der Waals surface area contributed by atoms with E-state index in [0.717, 1.165) is 6.54 Å². The lowest BCUT2D eigenvalue weighted by atomic mass is 9.92. The number of rotatable bonds is 4. The lowest BCUT2D eigenvalue weighted by Crippen LogP contribution is -2.39. The first-order valence-corrected chi connectivity index (χ1v) is 6.99. The van der Waals surface area contributed by atoms with Crippen molar-refractivity contribution in [2.75, 3.05) is 6.54 Å². The van der Waals surface area contributed by atoms with E-state index < -0.39 is 0 Å². The molecule has 0 spiro atoms. The second-order valence-electron chi connectivity index (χ2n) is 5.00. The largest absolute Gasteiger partial charge is 0.312 e. The van der Waals surface area contributed by atoms with Crippen LogP contribution in [0.15, 0.2) is 12.7 Å². The molecule has 1 N–H and O–H groups in total. The third kappa shape index (κ3) is 3.53. The van der Waals surface area contributed by atoms with E-state index in [4.69, 9.17) is 0 Å². The smallest absolute Gasteiger partial charge is 0.137 e. The third-order valence-corrected chi connectivity index (χ3v) is 3.66. The molecule has 0 aromatic carbocycles. The van der Waals surface area contributed by atoms with Gasteiger partial charge >= 0.3 is 0 Å². The molecule has 0 radical (unpaired) electrons. The molecule has 4 heteroatoms. The Labute approximate surface area is 104 Å². The standard InChI is InChI=1S/C13H24N4/c1-2-9-15-12-7-5-3-4-6-8-13(12)17-11-14-10-16-17/h10-13,15H,2-9H2,1H3. The third-order valence-electron chi connectivity index (χ3n) is 3.66. The van der Waals surface area contributed by atoms with Gasteiger partial charge in [0.2, 0.25) is 0 Å². The maximum absolute atomic E-state index is 4.34. The van der Waals surface area contributed by atoms with Gasteiger partial charge in [0.25, 0.3) is 0 Å². The minimum atomic E-state index is 0.490. The number of hydrogen-bond acceptors (Lipinski definition) is 3. The topological polar surface area (TPSA) is 42.7 Å². The Morgan fingerprint density at radius 2 is 2.06 bits per heavy atom. The molecule has 1 fully saturated rings. The van der Waals surface area contributed by atoms with Crippen molar-refractivity contribution in [1.29, 1.82) is 0 Å². The van der Waals surface area contributed by atoms with Gasteiger partial charge in [-0.1, -0.05) is 32.6 Å². The van der Waals surface area contributed by atoms with Gasteiger partial charge in [0, 0.05) is 6.04 Å². The molecule has 1 heterocycles. The quantitative estimate of drug-likeness (QED) is 0.873. The fourth-order valence-electron chi connectivity index (χ4n) is 2.74. The number of aromatic nitrogens is 3. The summed E-state index contributed by atoms with van der Waals surface area (Å²) in [4.78, 5) is 4.09. The number of nitrogens with one attached hydrogen (secondary N) is 1. The average Bonchev–Trinajstić information content (AvgIpc) is 2.81. The van der Waals surface area contributed by atoms with E-state index in [9.17, 15) is 0 Å². The maximum atomic E-state index is 4.34. The summed E-state index contributed by atoms with van der Waals surface area (Å²) in [5, 5.41) is 8.02. The van der Waals surface area contributed by atoms with Crippen LogP contribution in [-0.4, -0.2) is 27.4 Å². The minimum Gasteiger partial charge on any atom is -0.312 e. The second kappa shape index (κ2) is 6.74. The van der Waals surface area contributed by atoms with Crippen LogP contribution in [0, 0.1) is 0 Å².